The molecule has 0 aliphatic heterocycles. The fraction of sp³-hybridized carbons (Fsp3) is 0.167. The van der Waals surface area contributed by atoms with Crippen LogP contribution in [0.25, 0.3) is 0 Å². The van der Waals surface area contributed by atoms with Gasteiger partial charge in [-0.1, -0.05) is 24.3 Å². The number of aromatic nitrogens is 1. The number of anilines is 2. The molecule has 5 nitrogen and oxygen atoms in total. The molecule has 25 heavy (non-hydrogen) atoms. The summed E-state index contributed by atoms with van der Waals surface area (Å²) in [6.07, 6.45) is 1.62. The third-order valence-electron chi connectivity index (χ3n) is 3.73. The number of nitrogens with one attached hydrogen (secondary N) is 2. The Kier molecular flexibility index (Phi) is 5.06. The first-order valence-electron chi connectivity index (χ1n) is 7.78. The molecule has 0 saturated carbocycles. The molecule has 2 heterocycles. The Morgan fingerprint density at radius 3 is 2.48 bits per heavy atom. The number of rotatable bonds is 6. The second-order valence-electron chi connectivity index (χ2n) is 5.68. The molecule has 0 radical (unpaired) electrons. The lowest BCUT2D eigenvalue weighted by Crippen LogP contribution is -2.12. The van der Waals surface area contributed by atoms with E-state index in [2.05, 4.69) is 34.1 Å². The number of thiophene rings is 1. The zero-order valence-corrected chi connectivity index (χ0v) is 15.6. The Balaban J connectivity index is 1.65. The van der Waals surface area contributed by atoms with Crippen LogP contribution in [0.3, 0.4) is 0 Å². The second kappa shape index (κ2) is 7.25. The molecule has 130 valence electrons. The van der Waals surface area contributed by atoms with Crippen molar-refractivity contribution in [3.05, 3.63) is 70.7 Å². The first-order valence-corrected chi connectivity index (χ1v) is 10.1. The van der Waals surface area contributed by atoms with Gasteiger partial charge >= 0.3 is 0 Å². The van der Waals surface area contributed by atoms with Crippen molar-refractivity contribution >= 4 is 32.9 Å². The molecule has 3 rings (SSSR count). The summed E-state index contributed by atoms with van der Waals surface area (Å²) in [5.41, 5.74) is 3.26. The molecule has 3 aromatic rings. The highest BCUT2D eigenvalue weighted by atomic mass is 32.2. The van der Waals surface area contributed by atoms with Gasteiger partial charge in [0.15, 0.2) is 0 Å². The van der Waals surface area contributed by atoms with Crippen molar-refractivity contribution in [2.24, 2.45) is 0 Å². The van der Waals surface area contributed by atoms with Crippen LogP contribution in [0.15, 0.2) is 58.9 Å². The van der Waals surface area contributed by atoms with Crippen LogP contribution in [0.4, 0.5) is 11.5 Å². The van der Waals surface area contributed by atoms with Crippen molar-refractivity contribution in [1.29, 1.82) is 0 Å². The van der Waals surface area contributed by atoms with E-state index >= 15 is 0 Å². The Morgan fingerprint density at radius 2 is 1.84 bits per heavy atom. The van der Waals surface area contributed by atoms with Crippen LogP contribution < -0.4 is 10.0 Å². The normalized spacial score (nSPS) is 11.3. The number of sulfonamides is 1. The number of aryl methyl sites for hydroxylation is 2. The topological polar surface area (TPSA) is 71.1 Å². The van der Waals surface area contributed by atoms with E-state index in [0.29, 0.717) is 12.4 Å². The molecule has 0 bridgehead atoms. The van der Waals surface area contributed by atoms with Gasteiger partial charge in [-0.25, -0.2) is 13.4 Å². The van der Waals surface area contributed by atoms with E-state index in [1.807, 2.05) is 25.1 Å². The largest absolute Gasteiger partial charge is 0.380 e. The molecule has 0 saturated heterocycles. The predicted octanol–water partition coefficient (Wildman–Crippen LogP) is 4.17. The maximum absolute atomic E-state index is 12.3. The molecular weight excluding hydrogens is 354 g/mol. The van der Waals surface area contributed by atoms with Crippen LogP contribution in [0.1, 0.15) is 16.0 Å². The molecule has 0 aliphatic rings. The van der Waals surface area contributed by atoms with Crippen LogP contribution in [-0.4, -0.2) is 13.4 Å². The first kappa shape index (κ1) is 17.4. The lowest BCUT2D eigenvalue weighted by atomic mass is 10.1. The molecule has 1 aromatic carbocycles. The van der Waals surface area contributed by atoms with Crippen LogP contribution in [0.5, 0.6) is 0 Å². The summed E-state index contributed by atoms with van der Waals surface area (Å²) >= 11 is 1.23. The van der Waals surface area contributed by atoms with Gasteiger partial charge in [-0.15, -0.1) is 11.3 Å². The Labute approximate surface area is 151 Å². The van der Waals surface area contributed by atoms with Crippen LogP contribution in [0.2, 0.25) is 0 Å². The number of benzene rings is 1. The fourth-order valence-corrected chi connectivity index (χ4v) is 4.60. The van der Waals surface area contributed by atoms with E-state index in [-0.39, 0.29) is 4.21 Å². The molecule has 0 fully saturated rings. The third kappa shape index (κ3) is 4.37. The number of hydrogen-bond acceptors (Lipinski definition) is 5. The van der Waals surface area contributed by atoms with E-state index in [1.54, 1.807) is 24.4 Å². The highest BCUT2D eigenvalue weighted by Crippen LogP contribution is 2.23. The highest BCUT2D eigenvalue weighted by molar-refractivity contribution is 7.94. The quantitative estimate of drug-likeness (QED) is 0.680. The molecular formula is C18H19N3O2S2. The number of hydrogen-bond donors (Lipinski definition) is 2. The zero-order chi connectivity index (χ0) is 17.9. The molecule has 2 aromatic heterocycles. The van der Waals surface area contributed by atoms with Crippen LogP contribution in [0, 0.1) is 13.8 Å². The third-order valence-corrected chi connectivity index (χ3v) is 6.57. The van der Waals surface area contributed by atoms with Gasteiger partial charge in [-0.2, -0.15) is 0 Å². The summed E-state index contributed by atoms with van der Waals surface area (Å²) in [5.74, 6) is 0.299. The number of pyridine rings is 1. The van der Waals surface area contributed by atoms with Gasteiger partial charge in [-0.05, 0) is 49.2 Å². The minimum absolute atomic E-state index is 0.286. The van der Waals surface area contributed by atoms with E-state index in [9.17, 15) is 8.42 Å². The zero-order valence-electron chi connectivity index (χ0n) is 14.0. The van der Waals surface area contributed by atoms with Gasteiger partial charge in [0.2, 0.25) is 0 Å². The van der Waals surface area contributed by atoms with Crippen molar-refractivity contribution in [1.82, 2.24) is 4.98 Å². The smallest absolute Gasteiger partial charge is 0.272 e. The molecule has 0 unspecified atom stereocenters. The van der Waals surface area contributed by atoms with Gasteiger partial charge in [0, 0.05) is 11.4 Å². The summed E-state index contributed by atoms with van der Waals surface area (Å²) in [5, 5.41) is 3.29. The highest BCUT2D eigenvalue weighted by Gasteiger charge is 2.16. The summed E-state index contributed by atoms with van der Waals surface area (Å²) in [4.78, 5) is 5.13. The lowest BCUT2D eigenvalue weighted by molar-refractivity contribution is 0.603. The van der Waals surface area contributed by atoms with Gasteiger partial charge in [0.05, 0.1) is 11.9 Å². The van der Waals surface area contributed by atoms with E-state index in [1.165, 1.54) is 22.5 Å². The lowest BCUT2D eigenvalue weighted by Gasteiger charge is -2.10. The summed E-state index contributed by atoms with van der Waals surface area (Å²) in [6.45, 7) is 4.63. The SMILES string of the molecule is Cc1ccc(S(=O)(=O)Nc2ccc(NCc3ccccc3C)cn2)s1. The van der Waals surface area contributed by atoms with Crippen molar-refractivity contribution in [2.45, 2.75) is 24.6 Å². The maximum Gasteiger partial charge on any atom is 0.272 e. The van der Waals surface area contributed by atoms with Crippen molar-refractivity contribution in [3.63, 3.8) is 0 Å². The fourth-order valence-electron chi connectivity index (χ4n) is 2.31. The van der Waals surface area contributed by atoms with Gasteiger partial charge in [0.1, 0.15) is 10.0 Å². The summed E-state index contributed by atoms with van der Waals surface area (Å²) in [7, 11) is -3.58. The summed E-state index contributed by atoms with van der Waals surface area (Å²) < 4.78 is 27.4. The minimum Gasteiger partial charge on any atom is -0.380 e. The maximum atomic E-state index is 12.3. The molecule has 0 atom stereocenters. The van der Waals surface area contributed by atoms with E-state index < -0.39 is 10.0 Å². The van der Waals surface area contributed by atoms with Crippen LogP contribution >= 0.6 is 11.3 Å². The first-order chi connectivity index (χ1) is 11.9. The molecule has 0 spiro atoms. The van der Waals surface area contributed by atoms with Crippen LogP contribution in [-0.2, 0) is 16.6 Å². The van der Waals surface area contributed by atoms with Gasteiger partial charge in [0.25, 0.3) is 10.0 Å². The van der Waals surface area contributed by atoms with Crippen molar-refractivity contribution in [3.8, 4) is 0 Å². The Bertz CT molecular complexity index is 964. The van der Waals surface area contributed by atoms with Gasteiger partial charge < -0.3 is 5.32 Å². The Hall–Kier alpha value is -2.38. The van der Waals surface area contributed by atoms with Crippen molar-refractivity contribution in [2.75, 3.05) is 10.0 Å². The standard InChI is InChI=1S/C18H19N3O2S2/c1-13-5-3-4-6-15(13)11-19-16-8-9-17(20-12-16)21-25(22,23)18-10-7-14(2)24-18/h3-10,12,19H,11H2,1-2H3,(H,20,21). The Morgan fingerprint density at radius 1 is 1.04 bits per heavy atom. The second-order valence-corrected chi connectivity index (χ2v) is 8.88. The average Bonchev–Trinajstić information content (AvgIpc) is 3.03. The van der Waals surface area contributed by atoms with E-state index in [4.69, 9.17) is 0 Å². The number of nitrogens with zero attached hydrogens (tertiary/aromatic N) is 1. The predicted molar refractivity (Wildman–Crippen MR) is 103 cm³/mol. The minimum atomic E-state index is -3.58. The monoisotopic (exact) mass is 373 g/mol. The van der Waals surface area contributed by atoms with E-state index in [0.717, 1.165) is 10.6 Å². The molecule has 7 heteroatoms. The summed E-state index contributed by atoms with van der Waals surface area (Å²) in [6, 6.07) is 15.0. The molecule has 2 N–H and O–H groups in total. The van der Waals surface area contributed by atoms with Crippen molar-refractivity contribution < 1.29 is 8.42 Å². The average molecular weight is 374 g/mol. The molecule has 0 amide bonds. The van der Waals surface area contributed by atoms with Gasteiger partial charge in [-0.3, -0.25) is 4.72 Å². The molecule has 0 aliphatic carbocycles.